The van der Waals surface area contributed by atoms with E-state index in [9.17, 15) is 0 Å². The first-order valence-corrected chi connectivity index (χ1v) is 16.0. The molecule has 10 nitrogen and oxygen atoms in total. The molecule has 0 aliphatic carbocycles. The minimum Gasteiger partial charge on any atom is -0.379 e. The zero-order valence-corrected chi connectivity index (χ0v) is 27.7. The average molecular weight is 603 g/mol. The van der Waals surface area contributed by atoms with Gasteiger partial charge in [-0.3, -0.25) is 4.68 Å². The van der Waals surface area contributed by atoms with Gasteiger partial charge in [-0.15, -0.1) is 0 Å². The van der Waals surface area contributed by atoms with Crippen LogP contribution in [0.3, 0.4) is 0 Å². The van der Waals surface area contributed by atoms with Crippen LogP contribution in [0, 0.1) is 0 Å². The molecule has 0 amide bonds. The van der Waals surface area contributed by atoms with Gasteiger partial charge in [0.05, 0.1) is 57.9 Å². The summed E-state index contributed by atoms with van der Waals surface area (Å²) in [5, 5.41) is 4.33. The Hall–Kier alpha value is -1.89. The highest BCUT2D eigenvalue weighted by molar-refractivity contribution is 5.23. The van der Waals surface area contributed by atoms with Crippen molar-refractivity contribution in [3.05, 3.63) is 53.9 Å². The molecule has 2 aromatic rings. The van der Waals surface area contributed by atoms with E-state index >= 15 is 0 Å². The molecule has 0 radical (unpaired) electrons. The maximum atomic E-state index is 6.52. The van der Waals surface area contributed by atoms with E-state index in [2.05, 4.69) is 91.0 Å². The fraction of sp³-hybridized carbons (Fsp3) is 0.727. The van der Waals surface area contributed by atoms with Gasteiger partial charge in [-0.1, -0.05) is 24.3 Å². The van der Waals surface area contributed by atoms with Crippen LogP contribution in [-0.4, -0.2) is 161 Å². The largest absolute Gasteiger partial charge is 0.379 e. The molecule has 3 unspecified atom stereocenters. The van der Waals surface area contributed by atoms with Crippen molar-refractivity contribution in [2.24, 2.45) is 0 Å². The predicted molar refractivity (Wildman–Crippen MR) is 173 cm³/mol. The minimum atomic E-state index is 0.0914. The lowest BCUT2D eigenvalue weighted by atomic mass is 10.1. The summed E-state index contributed by atoms with van der Waals surface area (Å²) >= 11 is 0. The van der Waals surface area contributed by atoms with Gasteiger partial charge in [-0.05, 0) is 65.7 Å². The van der Waals surface area contributed by atoms with E-state index in [1.54, 1.807) is 0 Å². The second-order valence-electron chi connectivity index (χ2n) is 12.3. The second-order valence-corrected chi connectivity index (χ2v) is 12.3. The molecule has 3 rings (SSSR count). The first-order valence-electron chi connectivity index (χ1n) is 16.0. The van der Waals surface area contributed by atoms with E-state index in [1.165, 1.54) is 11.1 Å². The molecule has 1 saturated heterocycles. The Morgan fingerprint density at radius 1 is 0.651 bits per heavy atom. The monoisotopic (exact) mass is 602 g/mol. The summed E-state index contributed by atoms with van der Waals surface area (Å²) in [6.45, 7) is 15.7. The maximum absolute atomic E-state index is 6.52. The summed E-state index contributed by atoms with van der Waals surface area (Å²) in [7, 11) is 8.56. The molecular weight excluding hydrogens is 544 g/mol. The fourth-order valence-corrected chi connectivity index (χ4v) is 5.25. The molecule has 0 N–H and O–H groups in total. The van der Waals surface area contributed by atoms with Gasteiger partial charge in [0, 0.05) is 64.8 Å². The Bertz CT molecular complexity index is 963. The molecule has 3 atom stereocenters. The molecule has 43 heavy (non-hydrogen) atoms. The van der Waals surface area contributed by atoms with Crippen molar-refractivity contribution in [1.82, 2.24) is 29.4 Å². The highest BCUT2D eigenvalue weighted by Crippen LogP contribution is 2.12. The first kappa shape index (κ1) is 35.6. The topological polar surface area (TPSA) is 67.7 Å². The van der Waals surface area contributed by atoms with Crippen LogP contribution in [0.1, 0.15) is 25.0 Å². The molecule has 1 aliphatic heterocycles. The van der Waals surface area contributed by atoms with Crippen LogP contribution in [0.5, 0.6) is 0 Å². The van der Waals surface area contributed by atoms with Crippen LogP contribution in [0.2, 0.25) is 0 Å². The Labute approximate surface area is 260 Å². The number of hydrogen-bond donors (Lipinski definition) is 0. The Balaban J connectivity index is 1.56. The molecule has 1 aromatic heterocycles. The molecule has 1 fully saturated rings. The fourth-order valence-electron chi connectivity index (χ4n) is 5.25. The van der Waals surface area contributed by atoms with Crippen LogP contribution in [-0.2, 0) is 31.9 Å². The first-order chi connectivity index (χ1) is 20.8. The Morgan fingerprint density at radius 2 is 1.16 bits per heavy atom. The zero-order chi connectivity index (χ0) is 30.9. The van der Waals surface area contributed by atoms with Crippen LogP contribution in [0.4, 0.5) is 0 Å². The van der Waals surface area contributed by atoms with Gasteiger partial charge in [0.25, 0.3) is 0 Å². The van der Waals surface area contributed by atoms with Crippen molar-refractivity contribution >= 4 is 0 Å². The number of hydrogen-bond acceptors (Lipinski definition) is 9. The predicted octanol–water partition coefficient (Wildman–Crippen LogP) is 2.43. The molecule has 0 saturated carbocycles. The van der Waals surface area contributed by atoms with Gasteiger partial charge < -0.3 is 38.5 Å². The molecule has 2 heterocycles. The normalized spacial score (nSPS) is 25.8. The number of nitrogens with zero attached hydrogens (tertiary/aromatic N) is 6. The number of rotatable bonds is 4. The van der Waals surface area contributed by atoms with E-state index in [1.807, 2.05) is 23.1 Å². The number of benzene rings is 1. The van der Waals surface area contributed by atoms with Crippen LogP contribution in [0.25, 0.3) is 0 Å². The van der Waals surface area contributed by atoms with E-state index in [-0.39, 0.29) is 18.3 Å². The lowest BCUT2D eigenvalue weighted by Gasteiger charge is -2.27. The standard InChI is InChI=1S/C33H58N6O4/c1-29-25-36(4)15-20-40-19-14-35(3)16-21-41-30(2)26-37(5)18-23-43-33(28-38(6)17-22-42-29)24-31-8-10-32(11-9-31)27-39-13-7-12-34-39/h7-13,29-30,33H,14-28H2,1-6H3. The Kier molecular flexibility index (Phi) is 16.7. The van der Waals surface area contributed by atoms with E-state index in [0.717, 1.165) is 85.1 Å². The maximum Gasteiger partial charge on any atom is 0.0742 e. The quantitative estimate of drug-likeness (QED) is 0.525. The van der Waals surface area contributed by atoms with Crippen molar-refractivity contribution in [2.45, 2.75) is 45.1 Å². The minimum absolute atomic E-state index is 0.0914. The SMILES string of the molecule is CC1CN(C)CCOCCN(C)CCOC(C)CN(C)CCOC(Cc2ccc(Cn3cccn3)cc2)CN(C)CCO1. The highest BCUT2D eigenvalue weighted by Gasteiger charge is 2.16. The van der Waals surface area contributed by atoms with E-state index in [0.29, 0.717) is 13.2 Å². The lowest BCUT2D eigenvalue weighted by molar-refractivity contribution is -0.00561. The van der Waals surface area contributed by atoms with Crippen molar-refractivity contribution in [1.29, 1.82) is 0 Å². The average Bonchev–Trinajstić information content (AvgIpc) is 3.46. The third-order valence-electron chi connectivity index (χ3n) is 7.85. The second kappa shape index (κ2) is 20.2. The van der Waals surface area contributed by atoms with Gasteiger partial charge in [-0.2, -0.15) is 5.10 Å². The van der Waals surface area contributed by atoms with Crippen molar-refractivity contribution in [3.8, 4) is 0 Å². The lowest BCUT2D eigenvalue weighted by Crippen LogP contribution is -2.38. The zero-order valence-electron chi connectivity index (χ0n) is 27.7. The van der Waals surface area contributed by atoms with E-state index in [4.69, 9.17) is 18.9 Å². The van der Waals surface area contributed by atoms with Crippen LogP contribution < -0.4 is 0 Å². The summed E-state index contributed by atoms with van der Waals surface area (Å²) < 4.78 is 26.6. The number of likely N-dealkylation sites (N-methyl/N-ethyl adjacent to an activating group) is 4. The van der Waals surface area contributed by atoms with Gasteiger partial charge in [0.2, 0.25) is 0 Å². The van der Waals surface area contributed by atoms with Gasteiger partial charge >= 0.3 is 0 Å². The van der Waals surface area contributed by atoms with E-state index < -0.39 is 0 Å². The summed E-state index contributed by atoms with van der Waals surface area (Å²) in [6, 6.07) is 10.8. The van der Waals surface area contributed by atoms with Crippen molar-refractivity contribution < 1.29 is 18.9 Å². The molecule has 0 bridgehead atoms. The number of aromatic nitrogens is 2. The highest BCUT2D eigenvalue weighted by atomic mass is 16.5. The van der Waals surface area contributed by atoms with Gasteiger partial charge in [-0.25, -0.2) is 0 Å². The Morgan fingerprint density at radius 3 is 1.77 bits per heavy atom. The molecule has 10 heteroatoms. The molecular formula is C33H58N6O4. The summed E-state index contributed by atoms with van der Waals surface area (Å²) in [5.74, 6) is 0. The summed E-state index contributed by atoms with van der Waals surface area (Å²) in [6.07, 6.45) is 5.11. The molecule has 0 spiro atoms. The third-order valence-corrected chi connectivity index (χ3v) is 7.85. The van der Waals surface area contributed by atoms with Crippen molar-refractivity contribution in [3.63, 3.8) is 0 Å². The smallest absolute Gasteiger partial charge is 0.0742 e. The third kappa shape index (κ3) is 15.6. The number of ether oxygens (including phenoxy) is 4. The van der Waals surface area contributed by atoms with Crippen LogP contribution >= 0.6 is 0 Å². The molecule has 244 valence electrons. The summed E-state index contributed by atoms with van der Waals surface area (Å²) in [4.78, 5) is 9.19. The molecule has 1 aliphatic rings. The van der Waals surface area contributed by atoms with Crippen LogP contribution in [0.15, 0.2) is 42.7 Å². The molecule has 1 aromatic carbocycles. The van der Waals surface area contributed by atoms with Gasteiger partial charge in [0.15, 0.2) is 0 Å². The van der Waals surface area contributed by atoms with Gasteiger partial charge in [0.1, 0.15) is 0 Å². The summed E-state index contributed by atoms with van der Waals surface area (Å²) in [5.41, 5.74) is 2.53. The van der Waals surface area contributed by atoms with Crippen molar-refractivity contribution in [2.75, 3.05) is 114 Å².